The van der Waals surface area contributed by atoms with Crippen molar-refractivity contribution in [3.8, 4) is 23.0 Å². The van der Waals surface area contributed by atoms with Gasteiger partial charge in [-0.15, -0.1) is 0 Å². The normalized spacial score (nSPS) is 11.8. The monoisotopic (exact) mass is 273 g/mol. The van der Waals surface area contributed by atoms with E-state index < -0.39 is 0 Å². The number of methoxy groups -OCH3 is 2. The highest BCUT2D eigenvalue weighted by atomic mass is 16.5. The zero-order chi connectivity index (χ0) is 14.5. The molecule has 0 aromatic heterocycles. The molecular weight excluding hydrogens is 254 g/mol. The fourth-order valence-electron chi connectivity index (χ4n) is 1.88. The van der Waals surface area contributed by atoms with Crippen molar-refractivity contribution in [3.63, 3.8) is 0 Å². The quantitative estimate of drug-likeness (QED) is 0.905. The van der Waals surface area contributed by atoms with Crippen LogP contribution in [0.2, 0.25) is 0 Å². The molecule has 2 aromatic rings. The van der Waals surface area contributed by atoms with Crippen molar-refractivity contribution < 1.29 is 14.2 Å². The average Bonchev–Trinajstić information content (AvgIpc) is 2.48. The van der Waals surface area contributed by atoms with E-state index in [2.05, 4.69) is 0 Å². The van der Waals surface area contributed by atoms with Gasteiger partial charge in [0.1, 0.15) is 5.75 Å². The molecule has 106 valence electrons. The maximum atomic E-state index is 5.87. The van der Waals surface area contributed by atoms with Gasteiger partial charge in [-0.25, -0.2) is 0 Å². The SMILES string of the molecule is COc1cccc(OC)c1Oc1ccc([C@@H](C)N)cc1. The van der Waals surface area contributed by atoms with Crippen LogP contribution in [0.3, 0.4) is 0 Å². The van der Waals surface area contributed by atoms with Gasteiger partial charge in [0.05, 0.1) is 14.2 Å². The average molecular weight is 273 g/mol. The number of hydrogen-bond acceptors (Lipinski definition) is 4. The minimum absolute atomic E-state index is 0.00449. The summed E-state index contributed by atoms with van der Waals surface area (Å²) in [5.41, 5.74) is 6.89. The predicted molar refractivity (Wildman–Crippen MR) is 78.7 cm³/mol. The van der Waals surface area contributed by atoms with Crippen molar-refractivity contribution in [2.24, 2.45) is 5.73 Å². The zero-order valence-corrected chi connectivity index (χ0v) is 11.9. The van der Waals surface area contributed by atoms with Gasteiger partial charge in [0.2, 0.25) is 5.75 Å². The minimum atomic E-state index is 0.00449. The van der Waals surface area contributed by atoms with Gasteiger partial charge in [0, 0.05) is 6.04 Å². The summed E-state index contributed by atoms with van der Waals surface area (Å²) in [5.74, 6) is 2.52. The summed E-state index contributed by atoms with van der Waals surface area (Å²) in [6, 6.07) is 13.2. The smallest absolute Gasteiger partial charge is 0.210 e. The molecule has 0 saturated heterocycles. The molecule has 0 spiro atoms. The molecule has 4 heteroatoms. The molecule has 0 unspecified atom stereocenters. The molecule has 0 aliphatic rings. The lowest BCUT2D eigenvalue weighted by Gasteiger charge is -2.14. The van der Waals surface area contributed by atoms with Gasteiger partial charge in [0.25, 0.3) is 0 Å². The molecule has 2 rings (SSSR count). The second-order valence-corrected chi connectivity index (χ2v) is 4.45. The van der Waals surface area contributed by atoms with Crippen LogP contribution in [0.25, 0.3) is 0 Å². The number of para-hydroxylation sites is 1. The second kappa shape index (κ2) is 6.30. The molecule has 0 aliphatic carbocycles. The van der Waals surface area contributed by atoms with Gasteiger partial charge in [-0.2, -0.15) is 0 Å². The number of ether oxygens (including phenoxy) is 3. The molecule has 1 atom stereocenters. The lowest BCUT2D eigenvalue weighted by molar-refractivity contribution is 0.346. The topological polar surface area (TPSA) is 53.7 Å². The third-order valence-electron chi connectivity index (χ3n) is 3.01. The standard InChI is InChI=1S/C16H19NO3/c1-11(17)12-7-9-13(10-8-12)20-16-14(18-2)5-4-6-15(16)19-3/h4-11H,17H2,1-3H3/t11-/m1/s1. The number of nitrogens with two attached hydrogens (primary N) is 1. The highest BCUT2D eigenvalue weighted by Gasteiger charge is 2.12. The second-order valence-electron chi connectivity index (χ2n) is 4.45. The van der Waals surface area contributed by atoms with Crippen molar-refractivity contribution >= 4 is 0 Å². The first-order valence-electron chi connectivity index (χ1n) is 6.40. The Morgan fingerprint density at radius 2 is 1.45 bits per heavy atom. The first-order chi connectivity index (χ1) is 9.65. The van der Waals surface area contributed by atoms with Crippen LogP contribution in [0.5, 0.6) is 23.0 Å². The molecular formula is C16H19NO3. The Morgan fingerprint density at radius 1 is 0.900 bits per heavy atom. The summed E-state index contributed by atoms with van der Waals surface area (Å²) in [6.45, 7) is 1.94. The van der Waals surface area contributed by atoms with Gasteiger partial charge in [-0.1, -0.05) is 18.2 Å². The zero-order valence-electron chi connectivity index (χ0n) is 11.9. The van der Waals surface area contributed by atoms with E-state index in [0.717, 1.165) is 5.56 Å². The first kappa shape index (κ1) is 14.2. The minimum Gasteiger partial charge on any atom is -0.493 e. The molecule has 0 bridgehead atoms. The van der Waals surface area contributed by atoms with Crippen LogP contribution in [0.15, 0.2) is 42.5 Å². The van der Waals surface area contributed by atoms with Gasteiger partial charge < -0.3 is 19.9 Å². The Labute approximate surface area is 119 Å². The number of rotatable bonds is 5. The Bertz CT molecular complexity index is 542. The fourth-order valence-corrected chi connectivity index (χ4v) is 1.88. The van der Waals surface area contributed by atoms with Gasteiger partial charge in [0.15, 0.2) is 11.5 Å². The lowest BCUT2D eigenvalue weighted by atomic mass is 10.1. The fraction of sp³-hybridized carbons (Fsp3) is 0.250. The van der Waals surface area contributed by atoms with Crippen LogP contribution in [-0.4, -0.2) is 14.2 Å². The van der Waals surface area contributed by atoms with Crippen LogP contribution in [0.1, 0.15) is 18.5 Å². The Kier molecular flexibility index (Phi) is 4.48. The summed E-state index contributed by atoms with van der Waals surface area (Å²) in [7, 11) is 3.20. The van der Waals surface area contributed by atoms with Crippen molar-refractivity contribution in [1.29, 1.82) is 0 Å². The van der Waals surface area contributed by atoms with E-state index in [0.29, 0.717) is 23.0 Å². The first-order valence-corrected chi connectivity index (χ1v) is 6.40. The molecule has 0 amide bonds. The van der Waals surface area contributed by atoms with E-state index in [-0.39, 0.29) is 6.04 Å². The van der Waals surface area contributed by atoms with Crippen molar-refractivity contribution in [3.05, 3.63) is 48.0 Å². The van der Waals surface area contributed by atoms with Crippen molar-refractivity contribution in [1.82, 2.24) is 0 Å². The van der Waals surface area contributed by atoms with Gasteiger partial charge >= 0.3 is 0 Å². The molecule has 0 aliphatic heterocycles. The lowest BCUT2D eigenvalue weighted by Crippen LogP contribution is -2.04. The number of hydrogen-bond donors (Lipinski definition) is 1. The summed E-state index contributed by atoms with van der Waals surface area (Å²) < 4.78 is 16.5. The Balaban J connectivity index is 2.29. The van der Waals surface area contributed by atoms with Crippen LogP contribution in [-0.2, 0) is 0 Å². The molecule has 0 saturated carbocycles. The van der Waals surface area contributed by atoms with E-state index in [9.17, 15) is 0 Å². The third-order valence-corrected chi connectivity index (χ3v) is 3.01. The highest BCUT2D eigenvalue weighted by Crippen LogP contribution is 2.39. The molecule has 2 aromatic carbocycles. The number of benzene rings is 2. The van der Waals surface area contributed by atoms with E-state index in [1.165, 1.54) is 0 Å². The summed E-state index contributed by atoms with van der Waals surface area (Å²) in [5, 5.41) is 0. The maximum absolute atomic E-state index is 5.87. The predicted octanol–water partition coefficient (Wildman–Crippen LogP) is 3.52. The van der Waals surface area contributed by atoms with Crippen LogP contribution in [0.4, 0.5) is 0 Å². The molecule has 0 radical (unpaired) electrons. The summed E-state index contributed by atoms with van der Waals surface area (Å²) >= 11 is 0. The van der Waals surface area contributed by atoms with Crippen LogP contribution >= 0.6 is 0 Å². The molecule has 0 heterocycles. The Morgan fingerprint density at radius 3 is 1.90 bits per heavy atom. The van der Waals surface area contributed by atoms with Crippen LogP contribution < -0.4 is 19.9 Å². The van der Waals surface area contributed by atoms with Crippen molar-refractivity contribution in [2.45, 2.75) is 13.0 Å². The summed E-state index contributed by atoms with van der Waals surface area (Å²) in [4.78, 5) is 0. The van der Waals surface area contributed by atoms with Gasteiger partial charge in [-0.3, -0.25) is 0 Å². The van der Waals surface area contributed by atoms with E-state index in [1.54, 1.807) is 14.2 Å². The summed E-state index contributed by atoms with van der Waals surface area (Å²) in [6.07, 6.45) is 0. The van der Waals surface area contributed by atoms with Crippen LogP contribution in [0, 0.1) is 0 Å². The molecule has 20 heavy (non-hydrogen) atoms. The molecule has 2 N–H and O–H groups in total. The maximum Gasteiger partial charge on any atom is 0.210 e. The largest absolute Gasteiger partial charge is 0.493 e. The van der Waals surface area contributed by atoms with E-state index in [1.807, 2.05) is 49.4 Å². The highest BCUT2D eigenvalue weighted by molar-refractivity contribution is 5.53. The van der Waals surface area contributed by atoms with E-state index in [4.69, 9.17) is 19.9 Å². The third kappa shape index (κ3) is 3.03. The molecule has 0 fully saturated rings. The van der Waals surface area contributed by atoms with E-state index >= 15 is 0 Å². The molecule has 4 nitrogen and oxygen atoms in total. The van der Waals surface area contributed by atoms with Gasteiger partial charge in [-0.05, 0) is 36.8 Å². The van der Waals surface area contributed by atoms with Crippen molar-refractivity contribution in [2.75, 3.05) is 14.2 Å². The Hall–Kier alpha value is -2.20.